The molecular weight excluding hydrogens is 481 g/mol. The smallest absolute Gasteiger partial charge is 0.321 e. The second-order valence-corrected chi connectivity index (χ2v) is 10.7. The number of nitriles is 1. The number of nitrogens with zero attached hydrogens (tertiary/aromatic N) is 1. The highest BCUT2D eigenvalue weighted by molar-refractivity contribution is 6.31. The van der Waals surface area contributed by atoms with Gasteiger partial charge in [-0.2, -0.15) is 5.26 Å². The van der Waals surface area contributed by atoms with E-state index in [1.165, 1.54) is 30.3 Å². The summed E-state index contributed by atoms with van der Waals surface area (Å²) in [7, 11) is 0. The van der Waals surface area contributed by atoms with Gasteiger partial charge in [-0.25, -0.2) is 8.78 Å². The summed E-state index contributed by atoms with van der Waals surface area (Å²) in [6.45, 7) is 2.12. The van der Waals surface area contributed by atoms with Crippen molar-refractivity contribution >= 4 is 29.2 Å². The predicted molar refractivity (Wildman–Crippen MR) is 127 cm³/mol. The lowest BCUT2D eigenvalue weighted by Crippen LogP contribution is -2.46. The second-order valence-electron chi connectivity index (χ2n) is 9.84. The Balaban J connectivity index is 1.97. The van der Waals surface area contributed by atoms with Crippen molar-refractivity contribution in [1.82, 2.24) is 5.32 Å². The van der Waals surface area contributed by atoms with Gasteiger partial charge in [0.05, 0.1) is 11.1 Å². The minimum atomic E-state index is -1.70. The van der Waals surface area contributed by atoms with Crippen LogP contribution in [0, 0.1) is 28.4 Å². The molecule has 2 aromatic rings. The van der Waals surface area contributed by atoms with E-state index >= 15 is 8.78 Å². The second kappa shape index (κ2) is 9.45. The van der Waals surface area contributed by atoms with E-state index in [1.807, 2.05) is 0 Å². The van der Waals surface area contributed by atoms with Crippen molar-refractivity contribution in [3.8, 4) is 6.07 Å². The first-order valence-corrected chi connectivity index (χ1v) is 12.2. The van der Waals surface area contributed by atoms with Crippen LogP contribution in [-0.4, -0.2) is 23.2 Å². The summed E-state index contributed by atoms with van der Waals surface area (Å²) in [5.41, 5.74) is -1.89. The average molecular weight is 507 g/mol. The molecule has 1 heterocycles. The largest absolute Gasteiger partial charge is 0.480 e. The van der Waals surface area contributed by atoms with E-state index in [-0.39, 0.29) is 26.6 Å². The van der Waals surface area contributed by atoms with E-state index in [0.29, 0.717) is 6.42 Å². The van der Waals surface area contributed by atoms with Crippen molar-refractivity contribution < 1.29 is 18.7 Å². The normalized spacial score (nSPS) is 28.4. The van der Waals surface area contributed by atoms with Crippen molar-refractivity contribution in [3.63, 3.8) is 0 Å². The van der Waals surface area contributed by atoms with Crippen LogP contribution in [0.1, 0.15) is 62.5 Å². The van der Waals surface area contributed by atoms with Crippen molar-refractivity contribution in [1.29, 1.82) is 5.26 Å². The molecule has 0 amide bonds. The van der Waals surface area contributed by atoms with Crippen LogP contribution >= 0.6 is 23.2 Å². The van der Waals surface area contributed by atoms with Crippen molar-refractivity contribution in [3.05, 3.63) is 69.2 Å². The lowest BCUT2D eigenvalue weighted by molar-refractivity contribution is -0.139. The number of hydrogen-bond donors (Lipinski definition) is 2. The third kappa shape index (κ3) is 4.19. The van der Waals surface area contributed by atoms with Gasteiger partial charge in [-0.05, 0) is 48.4 Å². The molecule has 4 atom stereocenters. The number of hydrogen-bond acceptors (Lipinski definition) is 3. The van der Waals surface area contributed by atoms with Crippen LogP contribution in [0.4, 0.5) is 8.78 Å². The Morgan fingerprint density at radius 3 is 2.53 bits per heavy atom. The van der Waals surface area contributed by atoms with Gasteiger partial charge < -0.3 is 5.11 Å². The van der Waals surface area contributed by atoms with Gasteiger partial charge in [0.15, 0.2) is 0 Å². The number of rotatable bonds is 5. The molecule has 1 saturated heterocycles. The van der Waals surface area contributed by atoms with Gasteiger partial charge in [-0.3, -0.25) is 10.1 Å². The average Bonchev–Trinajstić information content (AvgIpc) is 3.10. The van der Waals surface area contributed by atoms with Gasteiger partial charge in [-0.15, -0.1) is 0 Å². The zero-order valence-corrected chi connectivity index (χ0v) is 20.3. The number of carbonyl (C=O) groups is 1. The summed E-state index contributed by atoms with van der Waals surface area (Å²) in [6, 6.07) is 8.50. The summed E-state index contributed by atoms with van der Waals surface area (Å²) < 4.78 is 30.8. The molecule has 1 aliphatic carbocycles. The molecule has 0 unspecified atom stereocenters. The van der Waals surface area contributed by atoms with Gasteiger partial charge in [0.2, 0.25) is 0 Å². The third-order valence-corrected chi connectivity index (χ3v) is 8.18. The molecule has 0 radical (unpaired) electrons. The maximum atomic E-state index is 15.4. The van der Waals surface area contributed by atoms with Crippen LogP contribution in [0.2, 0.25) is 10.0 Å². The van der Waals surface area contributed by atoms with E-state index < -0.39 is 41.0 Å². The number of halogens is 4. The maximum Gasteiger partial charge on any atom is 0.321 e. The van der Waals surface area contributed by atoms with Crippen LogP contribution in [0.5, 0.6) is 0 Å². The first kappa shape index (κ1) is 24.9. The molecular formula is C26H26Cl2F2N2O2. The lowest BCUT2D eigenvalue weighted by Gasteiger charge is -2.41. The van der Waals surface area contributed by atoms with Gasteiger partial charge in [0.25, 0.3) is 0 Å². The summed E-state index contributed by atoms with van der Waals surface area (Å²) in [4.78, 5) is 12.4. The molecule has 2 N–H and O–H groups in total. The maximum absolute atomic E-state index is 15.4. The zero-order chi connectivity index (χ0) is 24.7. The Morgan fingerprint density at radius 1 is 1.21 bits per heavy atom. The van der Waals surface area contributed by atoms with E-state index in [2.05, 4.69) is 18.3 Å². The fourth-order valence-corrected chi connectivity index (χ4v) is 6.37. The first-order valence-electron chi connectivity index (χ1n) is 11.4. The summed E-state index contributed by atoms with van der Waals surface area (Å²) >= 11 is 12.0. The summed E-state index contributed by atoms with van der Waals surface area (Å²) in [5.74, 6) is -4.00. The molecule has 1 saturated carbocycles. The van der Waals surface area contributed by atoms with Crippen LogP contribution in [0.25, 0.3) is 0 Å². The highest BCUT2D eigenvalue weighted by Crippen LogP contribution is 2.54. The molecule has 180 valence electrons. The predicted octanol–water partition coefficient (Wildman–Crippen LogP) is 6.60. The number of carboxylic acids is 1. The van der Waals surface area contributed by atoms with Crippen LogP contribution in [-0.2, 0) is 10.2 Å². The van der Waals surface area contributed by atoms with Gasteiger partial charge in [0, 0.05) is 22.5 Å². The Kier molecular flexibility index (Phi) is 6.92. The Hall–Kier alpha value is -2.20. The van der Waals surface area contributed by atoms with Crippen molar-refractivity contribution in [2.24, 2.45) is 5.41 Å². The van der Waals surface area contributed by atoms with Crippen molar-refractivity contribution in [2.45, 2.75) is 68.9 Å². The first-order chi connectivity index (χ1) is 16.1. The summed E-state index contributed by atoms with van der Waals surface area (Å²) in [6.07, 6.45) is 5.48. The van der Waals surface area contributed by atoms with Crippen LogP contribution in [0.15, 0.2) is 36.4 Å². The molecule has 34 heavy (non-hydrogen) atoms. The molecule has 2 aliphatic rings. The minimum Gasteiger partial charge on any atom is -0.480 e. The van der Waals surface area contributed by atoms with Crippen LogP contribution < -0.4 is 5.32 Å². The van der Waals surface area contributed by atoms with E-state index in [9.17, 15) is 15.2 Å². The van der Waals surface area contributed by atoms with E-state index in [0.717, 1.165) is 38.2 Å². The molecule has 2 aromatic carbocycles. The molecule has 8 heteroatoms. The van der Waals surface area contributed by atoms with Gasteiger partial charge >= 0.3 is 5.97 Å². The van der Waals surface area contributed by atoms with Crippen LogP contribution in [0.3, 0.4) is 0 Å². The third-order valence-electron chi connectivity index (χ3n) is 7.66. The quantitative estimate of drug-likeness (QED) is 0.478. The minimum absolute atomic E-state index is 0.00411. The Morgan fingerprint density at radius 2 is 1.91 bits per heavy atom. The van der Waals surface area contributed by atoms with Gasteiger partial charge in [-0.1, -0.05) is 67.6 Å². The number of nitrogens with one attached hydrogen (secondary N) is 1. The number of benzene rings is 2. The molecule has 0 spiro atoms. The molecule has 4 rings (SSSR count). The fourth-order valence-electron chi connectivity index (χ4n) is 6.03. The molecule has 0 bridgehead atoms. The lowest BCUT2D eigenvalue weighted by atomic mass is 9.61. The molecule has 4 nitrogen and oxygen atoms in total. The molecule has 2 fully saturated rings. The monoisotopic (exact) mass is 506 g/mol. The number of carboxylic acid groups (broad SMARTS) is 1. The van der Waals surface area contributed by atoms with E-state index in [1.54, 1.807) is 0 Å². The highest BCUT2D eigenvalue weighted by atomic mass is 35.5. The standard InChI is InChI=1S/C26H26Cl2F2N2O2/c1-25(10-3-2-4-11-25)13-20-26(14-31,17-9-8-15(27)12-19(17)29)21(23(32-20)24(33)34)16-6-5-7-18(28)22(16)30/h5-9,12,20-21,23,32H,2-4,10-11,13H2,1H3,(H,33,34)/t20-,21-,23+,26-/m1/s1. The Labute approximate surface area is 207 Å². The van der Waals surface area contributed by atoms with Crippen molar-refractivity contribution in [2.75, 3.05) is 0 Å². The molecule has 1 aliphatic heterocycles. The van der Waals surface area contributed by atoms with Gasteiger partial charge in [0.1, 0.15) is 23.1 Å². The van der Waals surface area contributed by atoms with E-state index in [4.69, 9.17) is 23.2 Å². The SMILES string of the molecule is CC1(C[C@H]2N[C@H](C(=O)O)[C@@H](c3cccc(Cl)c3F)[C@]2(C#N)c2ccc(Cl)cc2F)CCCCC1. The highest BCUT2D eigenvalue weighted by Gasteiger charge is 2.61. The number of aliphatic carboxylic acids is 1. The zero-order valence-electron chi connectivity index (χ0n) is 18.8. The fraction of sp³-hybridized carbons (Fsp3) is 0.462. The molecule has 0 aromatic heterocycles. The summed E-state index contributed by atoms with van der Waals surface area (Å²) in [5, 5.41) is 23.9. The Bertz CT molecular complexity index is 1150. The topological polar surface area (TPSA) is 73.1 Å².